The molecule has 0 radical (unpaired) electrons. The van der Waals surface area contributed by atoms with Crippen LogP contribution in [0.4, 0.5) is 4.39 Å². The first-order valence-corrected chi connectivity index (χ1v) is 5.95. The molecule has 0 spiro atoms. The Bertz CT molecular complexity index is 529. The van der Waals surface area contributed by atoms with Gasteiger partial charge in [0.05, 0.1) is 11.6 Å². The summed E-state index contributed by atoms with van der Waals surface area (Å²) in [6.45, 7) is 1.91. The molecule has 0 fully saturated rings. The van der Waals surface area contributed by atoms with Crippen molar-refractivity contribution in [2.24, 2.45) is 5.73 Å². The number of benzene rings is 1. The van der Waals surface area contributed by atoms with Crippen LogP contribution in [-0.2, 0) is 0 Å². The zero-order chi connectivity index (χ0) is 12.4. The fourth-order valence-electron chi connectivity index (χ4n) is 1.33. The highest BCUT2D eigenvalue weighted by atomic mass is 79.9. The molecule has 1 aromatic heterocycles. The van der Waals surface area contributed by atoms with Gasteiger partial charge in [-0.2, -0.15) is 0 Å². The molecule has 0 aliphatic heterocycles. The summed E-state index contributed by atoms with van der Waals surface area (Å²) in [5.74, 6) is 0.0540. The van der Waals surface area contributed by atoms with Crippen LogP contribution in [0.15, 0.2) is 27.1 Å². The fourth-order valence-corrected chi connectivity index (χ4v) is 1.66. The SMILES string of the molecule is CCC(N)c1nnc(-c2ccc(Br)cc2F)o1. The van der Waals surface area contributed by atoms with Gasteiger partial charge in [-0.25, -0.2) is 4.39 Å². The summed E-state index contributed by atoms with van der Waals surface area (Å²) in [6.07, 6.45) is 0.685. The van der Waals surface area contributed by atoms with E-state index >= 15 is 0 Å². The van der Waals surface area contributed by atoms with E-state index in [1.165, 1.54) is 6.07 Å². The van der Waals surface area contributed by atoms with Gasteiger partial charge in [-0.05, 0) is 24.6 Å². The van der Waals surface area contributed by atoms with E-state index in [9.17, 15) is 4.39 Å². The lowest BCUT2D eigenvalue weighted by atomic mass is 10.2. The number of hydrogen-bond donors (Lipinski definition) is 1. The quantitative estimate of drug-likeness (QED) is 0.946. The van der Waals surface area contributed by atoms with Crippen LogP contribution in [0.2, 0.25) is 0 Å². The first kappa shape index (κ1) is 12.2. The molecule has 0 saturated heterocycles. The summed E-state index contributed by atoms with van der Waals surface area (Å²) in [5.41, 5.74) is 6.02. The minimum atomic E-state index is -0.417. The maximum atomic E-state index is 13.6. The topological polar surface area (TPSA) is 64.9 Å². The van der Waals surface area contributed by atoms with E-state index in [2.05, 4.69) is 26.1 Å². The molecule has 1 unspecified atom stereocenters. The average Bonchev–Trinajstić information content (AvgIpc) is 2.77. The molecule has 1 atom stereocenters. The number of hydrogen-bond acceptors (Lipinski definition) is 4. The molecule has 0 saturated carbocycles. The predicted molar refractivity (Wildman–Crippen MR) is 64.6 cm³/mol. The van der Waals surface area contributed by atoms with Gasteiger partial charge in [0, 0.05) is 4.47 Å². The first-order valence-electron chi connectivity index (χ1n) is 5.16. The summed E-state index contributed by atoms with van der Waals surface area (Å²) in [5, 5.41) is 7.60. The second-order valence-corrected chi connectivity index (χ2v) is 4.50. The summed E-state index contributed by atoms with van der Waals surface area (Å²) >= 11 is 3.18. The Hall–Kier alpha value is -1.27. The summed E-state index contributed by atoms with van der Waals surface area (Å²) in [7, 11) is 0. The number of nitrogens with zero attached hydrogens (tertiary/aromatic N) is 2. The maximum absolute atomic E-state index is 13.6. The van der Waals surface area contributed by atoms with Crippen molar-refractivity contribution in [3.63, 3.8) is 0 Å². The third-order valence-electron chi connectivity index (χ3n) is 2.36. The van der Waals surface area contributed by atoms with Gasteiger partial charge >= 0.3 is 0 Å². The van der Waals surface area contributed by atoms with Gasteiger partial charge in [-0.15, -0.1) is 10.2 Å². The lowest BCUT2D eigenvalue weighted by Crippen LogP contribution is -2.08. The van der Waals surface area contributed by atoms with E-state index in [1.54, 1.807) is 12.1 Å². The Kier molecular flexibility index (Phi) is 3.54. The molecule has 6 heteroatoms. The van der Waals surface area contributed by atoms with Crippen molar-refractivity contribution < 1.29 is 8.81 Å². The van der Waals surface area contributed by atoms with Crippen molar-refractivity contribution >= 4 is 15.9 Å². The molecule has 17 heavy (non-hydrogen) atoms. The second kappa shape index (κ2) is 4.93. The zero-order valence-electron chi connectivity index (χ0n) is 9.15. The maximum Gasteiger partial charge on any atom is 0.250 e. The second-order valence-electron chi connectivity index (χ2n) is 3.58. The van der Waals surface area contributed by atoms with Crippen LogP contribution in [0.1, 0.15) is 25.3 Å². The highest BCUT2D eigenvalue weighted by molar-refractivity contribution is 9.10. The Morgan fingerprint density at radius 3 is 2.88 bits per heavy atom. The highest BCUT2D eigenvalue weighted by Crippen LogP contribution is 2.25. The molecule has 90 valence electrons. The van der Waals surface area contributed by atoms with Crippen LogP contribution in [-0.4, -0.2) is 10.2 Å². The van der Waals surface area contributed by atoms with Crippen LogP contribution >= 0.6 is 15.9 Å². The fraction of sp³-hybridized carbons (Fsp3) is 0.273. The lowest BCUT2D eigenvalue weighted by Gasteiger charge is -2.01. The van der Waals surface area contributed by atoms with Crippen LogP contribution in [0.5, 0.6) is 0 Å². The number of aromatic nitrogens is 2. The molecule has 0 aliphatic carbocycles. The molecule has 2 rings (SSSR count). The van der Waals surface area contributed by atoms with E-state index < -0.39 is 5.82 Å². The van der Waals surface area contributed by atoms with E-state index in [0.29, 0.717) is 16.8 Å². The van der Waals surface area contributed by atoms with Gasteiger partial charge in [-0.1, -0.05) is 22.9 Å². The molecule has 4 nitrogen and oxygen atoms in total. The van der Waals surface area contributed by atoms with Crippen LogP contribution in [0, 0.1) is 5.82 Å². The average molecular weight is 300 g/mol. The molecule has 0 aliphatic rings. The van der Waals surface area contributed by atoms with E-state index in [4.69, 9.17) is 10.2 Å². The number of halogens is 2. The monoisotopic (exact) mass is 299 g/mol. The van der Waals surface area contributed by atoms with Crippen molar-refractivity contribution in [2.45, 2.75) is 19.4 Å². The normalized spacial score (nSPS) is 12.7. The third-order valence-corrected chi connectivity index (χ3v) is 2.85. The minimum absolute atomic E-state index is 0.147. The Morgan fingerprint density at radius 2 is 2.24 bits per heavy atom. The molecule has 0 amide bonds. The van der Waals surface area contributed by atoms with Gasteiger partial charge in [0.25, 0.3) is 5.89 Å². The van der Waals surface area contributed by atoms with Crippen molar-refractivity contribution in [3.8, 4) is 11.5 Å². The van der Waals surface area contributed by atoms with Gasteiger partial charge in [0.15, 0.2) is 0 Å². The first-order chi connectivity index (χ1) is 8.11. The van der Waals surface area contributed by atoms with Crippen molar-refractivity contribution in [3.05, 3.63) is 34.4 Å². The van der Waals surface area contributed by atoms with Crippen molar-refractivity contribution in [2.75, 3.05) is 0 Å². The van der Waals surface area contributed by atoms with E-state index in [-0.39, 0.29) is 17.5 Å². The predicted octanol–water partition coefficient (Wildman–Crippen LogP) is 3.05. The third kappa shape index (κ3) is 2.53. The van der Waals surface area contributed by atoms with E-state index in [0.717, 1.165) is 0 Å². The molecule has 0 bridgehead atoms. The molecule has 1 aromatic carbocycles. The molecule has 1 heterocycles. The summed E-state index contributed by atoms with van der Waals surface area (Å²) in [6, 6.07) is 4.32. The van der Waals surface area contributed by atoms with Crippen LogP contribution in [0.3, 0.4) is 0 Å². The summed E-state index contributed by atoms with van der Waals surface area (Å²) in [4.78, 5) is 0. The van der Waals surface area contributed by atoms with Gasteiger partial charge in [0.2, 0.25) is 5.89 Å². The zero-order valence-corrected chi connectivity index (χ0v) is 10.7. The molecule has 2 N–H and O–H groups in total. The van der Waals surface area contributed by atoms with Gasteiger partial charge < -0.3 is 10.2 Å². The molecule has 2 aromatic rings. The van der Waals surface area contributed by atoms with Gasteiger partial charge in [-0.3, -0.25) is 0 Å². The smallest absolute Gasteiger partial charge is 0.250 e. The van der Waals surface area contributed by atoms with Gasteiger partial charge in [0.1, 0.15) is 5.82 Å². The number of rotatable bonds is 3. The largest absolute Gasteiger partial charge is 0.419 e. The highest BCUT2D eigenvalue weighted by Gasteiger charge is 2.16. The Labute approximate surface area is 106 Å². The van der Waals surface area contributed by atoms with E-state index in [1.807, 2.05) is 6.92 Å². The van der Waals surface area contributed by atoms with Crippen molar-refractivity contribution in [1.29, 1.82) is 0 Å². The molecular weight excluding hydrogens is 289 g/mol. The summed E-state index contributed by atoms with van der Waals surface area (Å²) < 4.78 is 19.6. The van der Waals surface area contributed by atoms with Crippen LogP contribution in [0.25, 0.3) is 11.5 Å². The standard InChI is InChI=1S/C11H11BrFN3O/c1-2-9(14)11-16-15-10(17-11)7-4-3-6(12)5-8(7)13/h3-5,9H,2,14H2,1H3. The van der Waals surface area contributed by atoms with Crippen molar-refractivity contribution in [1.82, 2.24) is 10.2 Å². The molecular formula is C11H11BrFN3O. The van der Waals surface area contributed by atoms with Crippen LogP contribution < -0.4 is 5.73 Å². The Balaban J connectivity index is 2.37. The lowest BCUT2D eigenvalue weighted by molar-refractivity contribution is 0.450. The minimum Gasteiger partial charge on any atom is -0.419 e. The number of nitrogens with two attached hydrogens (primary N) is 1. The Morgan fingerprint density at radius 1 is 1.47 bits per heavy atom.